The van der Waals surface area contributed by atoms with Crippen molar-refractivity contribution in [1.82, 2.24) is 14.9 Å². The average molecular weight is 263 g/mol. The van der Waals surface area contributed by atoms with Gasteiger partial charge >= 0.3 is 0 Å². The molecule has 1 heterocycles. The Hall–Kier alpha value is -0.830. The largest absolute Gasteiger partial charge is 0.333 e. The van der Waals surface area contributed by atoms with Gasteiger partial charge in [-0.1, -0.05) is 33.1 Å². The van der Waals surface area contributed by atoms with E-state index in [-0.39, 0.29) is 0 Å². The third-order valence-electron chi connectivity index (χ3n) is 4.35. The van der Waals surface area contributed by atoms with E-state index in [2.05, 4.69) is 28.7 Å². The van der Waals surface area contributed by atoms with Crippen molar-refractivity contribution in [1.29, 1.82) is 0 Å². The van der Waals surface area contributed by atoms with E-state index >= 15 is 0 Å². The van der Waals surface area contributed by atoms with Gasteiger partial charge in [0, 0.05) is 19.3 Å². The van der Waals surface area contributed by atoms with Gasteiger partial charge in [-0.05, 0) is 37.6 Å². The van der Waals surface area contributed by atoms with Gasteiger partial charge in [0.05, 0.1) is 12.0 Å². The summed E-state index contributed by atoms with van der Waals surface area (Å²) >= 11 is 0. The predicted molar refractivity (Wildman–Crippen MR) is 80.0 cm³/mol. The van der Waals surface area contributed by atoms with Crippen LogP contribution in [0.4, 0.5) is 0 Å². The molecule has 0 radical (unpaired) electrons. The Morgan fingerprint density at radius 3 is 3.11 bits per heavy atom. The Morgan fingerprint density at radius 1 is 1.42 bits per heavy atom. The van der Waals surface area contributed by atoms with Gasteiger partial charge in [-0.3, -0.25) is 0 Å². The molecule has 2 rings (SSSR count). The zero-order valence-corrected chi connectivity index (χ0v) is 12.6. The zero-order valence-electron chi connectivity index (χ0n) is 12.6. The van der Waals surface area contributed by atoms with Crippen LogP contribution in [-0.2, 0) is 13.1 Å². The van der Waals surface area contributed by atoms with Crippen LogP contribution in [0.3, 0.4) is 0 Å². The number of aromatic nitrogens is 2. The highest BCUT2D eigenvalue weighted by Gasteiger charge is 2.18. The molecule has 0 saturated heterocycles. The molecular formula is C16H29N3. The standard InChI is InChI=1S/C16H29N3/c1-3-8-17-11-16-12-18-13-19(16)9-7-15-6-4-5-14(2)10-15/h12-15,17H,3-11H2,1-2H3. The van der Waals surface area contributed by atoms with Gasteiger partial charge in [-0.25, -0.2) is 4.98 Å². The van der Waals surface area contributed by atoms with E-state index in [0.717, 1.165) is 31.5 Å². The van der Waals surface area contributed by atoms with Gasteiger partial charge in [0.25, 0.3) is 0 Å². The van der Waals surface area contributed by atoms with Gasteiger partial charge in [0.2, 0.25) is 0 Å². The second-order valence-corrected chi connectivity index (χ2v) is 6.18. The number of rotatable bonds is 7. The molecule has 19 heavy (non-hydrogen) atoms. The number of imidazole rings is 1. The van der Waals surface area contributed by atoms with Crippen molar-refractivity contribution in [3.05, 3.63) is 18.2 Å². The topological polar surface area (TPSA) is 29.9 Å². The maximum atomic E-state index is 4.30. The predicted octanol–water partition coefficient (Wildman–Crippen LogP) is 3.60. The summed E-state index contributed by atoms with van der Waals surface area (Å²) in [7, 11) is 0. The van der Waals surface area contributed by atoms with E-state index in [4.69, 9.17) is 0 Å². The van der Waals surface area contributed by atoms with Crippen LogP contribution in [0.1, 0.15) is 58.1 Å². The molecule has 1 aliphatic rings. The summed E-state index contributed by atoms with van der Waals surface area (Å²) < 4.78 is 2.34. The molecule has 1 saturated carbocycles. The minimum atomic E-state index is 0.933. The van der Waals surface area contributed by atoms with Crippen LogP contribution in [0.2, 0.25) is 0 Å². The van der Waals surface area contributed by atoms with E-state index in [0.29, 0.717) is 0 Å². The fourth-order valence-electron chi connectivity index (χ4n) is 3.23. The SMILES string of the molecule is CCCNCc1cncn1CCC1CCCC(C)C1. The van der Waals surface area contributed by atoms with Crippen molar-refractivity contribution < 1.29 is 0 Å². The number of hydrogen-bond donors (Lipinski definition) is 1. The van der Waals surface area contributed by atoms with Crippen LogP contribution in [0.5, 0.6) is 0 Å². The molecule has 0 amide bonds. The highest BCUT2D eigenvalue weighted by molar-refractivity contribution is 4.97. The Morgan fingerprint density at radius 2 is 2.32 bits per heavy atom. The lowest BCUT2D eigenvalue weighted by molar-refractivity contribution is 0.260. The molecular weight excluding hydrogens is 234 g/mol. The lowest BCUT2D eigenvalue weighted by atomic mass is 9.81. The van der Waals surface area contributed by atoms with E-state index < -0.39 is 0 Å². The summed E-state index contributed by atoms with van der Waals surface area (Å²) in [5.41, 5.74) is 1.33. The molecule has 1 aromatic heterocycles. The third kappa shape index (κ3) is 4.64. The third-order valence-corrected chi connectivity index (χ3v) is 4.35. The molecule has 1 aromatic rings. The van der Waals surface area contributed by atoms with Gasteiger partial charge in [0.1, 0.15) is 0 Å². The average Bonchev–Trinajstić information content (AvgIpc) is 2.84. The quantitative estimate of drug-likeness (QED) is 0.762. The molecule has 0 spiro atoms. The molecule has 0 bridgehead atoms. The lowest BCUT2D eigenvalue weighted by Crippen LogP contribution is -2.18. The molecule has 1 N–H and O–H groups in total. The van der Waals surface area contributed by atoms with Gasteiger partial charge in [-0.15, -0.1) is 0 Å². The van der Waals surface area contributed by atoms with E-state index in [1.807, 2.05) is 12.5 Å². The summed E-state index contributed by atoms with van der Waals surface area (Å²) in [6, 6.07) is 0. The molecule has 2 unspecified atom stereocenters. The fourth-order valence-corrected chi connectivity index (χ4v) is 3.23. The Bertz CT molecular complexity index is 359. The van der Waals surface area contributed by atoms with Gasteiger partial charge in [-0.2, -0.15) is 0 Å². The molecule has 1 fully saturated rings. The monoisotopic (exact) mass is 263 g/mol. The summed E-state index contributed by atoms with van der Waals surface area (Å²) in [6.45, 7) is 7.79. The highest BCUT2D eigenvalue weighted by Crippen LogP contribution is 2.31. The number of nitrogens with one attached hydrogen (secondary N) is 1. The second kappa shape index (κ2) is 7.68. The van der Waals surface area contributed by atoms with Crippen molar-refractivity contribution in [2.45, 2.75) is 65.5 Å². The summed E-state index contributed by atoms with van der Waals surface area (Å²) in [4.78, 5) is 4.30. The Labute approximate surface area is 117 Å². The number of hydrogen-bond acceptors (Lipinski definition) is 2. The van der Waals surface area contributed by atoms with E-state index in [1.165, 1.54) is 44.2 Å². The number of aryl methyl sites for hydroxylation is 1. The summed E-state index contributed by atoms with van der Waals surface area (Å²) in [5.74, 6) is 1.87. The first kappa shape index (κ1) is 14.6. The van der Waals surface area contributed by atoms with Crippen LogP contribution in [0, 0.1) is 11.8 Å². The molecule has 3 nitrogen and oxygen atoms in total. The Kier molecular flexibility index (Phi) is 5.90. The van der Waals surface area contributed by atoms with E-state index in [1.54, 1.807) is 0 Å². The molecule has 1 aliphatic carbocycles. The number of nitrogens with zero attached hydrogens (tertiary/aromatic N) is 2. The van der Waals surface area contributed by atoms with Gasteiger partial charge in [0.15, 0.2) is 0 Å². The van der Waals surface area contributed by atoms with Crippen LogP contribution in [-0.4, -0.2) is 16.1 Å². The molecule has 3 heteroatoms. The van der Waals surface area contributed by atoms with Crippen molar-refractivity contribution in [3.63, 3.8) is 0 Å². The van der Waals surface area contributed by atoms with Crippen molar-refractivity contribution in [3.8, 4) is 0 Å². The molecule has 2 atom stereocenters. The summed E-state index contributed by atoms with van der Waals surface area (Å²) in [6.07, 6.45) is 12.2. The molecule has 0 aromatic carbocycles. The van der Waals surface area contributed by atoms with Crippen LogP contribution < -0.4 is 5.32 Å². The zero-order chi connectivity index (χ0) is 13.5. The smallest absolute Gasteiger partial charge is 0.0948 e. The first-order valence-electron chi connectivity index (χ1n) is 7.99. The van der Waals surface area contributed by atoms with Gasteiger partial charge < -0.3 is 9.88 Å². The van der Waals surface area contributed by atoms with Crippen LogP contribution >= 0.6 is 0 Å². The van der Waals surface area contributed by atoms with Crippen LogP contribution in [0.15, 0.2) is 12.5 Å². The fraction of sp³-hybridized carbons (Fsp3) is 0.812. The minimum absolute atomic E-state index is 0.933. The summed E-state index contributed by atoms with van der Waals surface area (Å²) in [5, 5.41) is 3.46. The maximum Gasteiger partial charge on any atom is 0.0948 e. The lowest BCUT2D eigenvalue weighted by Gasteiger charge is -2.26. The van der Waals surface area contributed by atoms with Crippen molar-refractivity contribution in [2.75, 3.05) is 6.54 Å². The molecule has 108 valence electrons. The van der Waals surface area contributed by atoms with Crippen molar-refractivity contribution in [2.24, 2.45) is 11.8 Å². The normalized spacial score (nSPS) is 23.7. The molecule has 0 aliphatic heterocycles. The first-order chi connectivity index (χ1) is 9.29. The maximum absolute atomic E-state index is 4.30. The van der Waals surface area contributed by atoms with Crippen molar-refractivity contribution >= 4 is 0 Å². The second-order valence-electron chi connectivity index (χ2n) is 6.18. The minimum Gasteiger partial charge on any atom is -0.333 e. The highest BCUT2D eigenvalue weighted by atomic mass is 15.1. The van der Waals surface area contributed by atoms with Crippen LogP contribution in [0.25, 0.3) is 0 Å². The van der Waals surface area contributed by atoms with E-state index in [9.17, 15) is 0 Å². The first-order valence-corrected chi connectivity index (χ1v) is 7.99. The Balaban J connectivity index is 1.77.